The van der Waals surface area contributed by atoms with E-state index in [0.717, 1.165) is 60.3 Å². The molecule has 2 aromatic carbocycles. The van der Waals surface area contributed by atoms with Crippen LogP contribution in [0.5, 0.6) is 11.5 Å². The van der Waals surface area contributed by atoms with Crippen LogP contribution in [0.25, 0.3) is 0 Å². The standard InChI is InChI=1S/C37H52O7/c1-7-10-28-20-30(16-18-34(28)41-6)37(4,5)31-17-19-35(29(21-31)11-8-2)43-25-33(39)23-42-22-26-12-14-27(15-13-26)36(40)44-24-32(38)9-3/h7-8,16-21,26-27,32-33,38-39H,1-2,9-15,22-25H2,3-6H3. The minimum Gasteiger partial charge on any atom is -0.496 e. The van der Waals surface area contributed by atoms with Crippen LogP contribution < -0.4 is 9.47 Å². The van der Waals surface area contributed by atoms with Crippen molar-refractivity contribution in [1.82, 2.24) is 0 Å². The van der Waals surface area contributed by atoms with Crippen LogP contribution in [-0.4, -0.2) is 61.9 Å². The van der Waals surface area contributed by atoms with Gasteiger partial charge in [-0.3, -0.25) is 4.79 Å². The highest BCUT2D eigenvalue weighted by atomic mass is 16.5. The second-order valence-corrected chi connectivity index (χ2v) is 12.4. The van der Waals surface area contributed by atoms with Gasteiger partial charge in [0.25, 0.3) is 0 Å². The molecule has 2 unspecified atom stereocenters. The third-order valence-corrected chi connectivity index (χ3v) is 8.68. The lowest BCUT2D eigenvalue weighted by atomic mass is 9.77. The van der Waals surface area contributed by atoms with Crippen LogP contribution in [-0.2, 0) is 32.5 Å². The Morgan fingerprint density at radius 3 is 2.07 bits per heavy atom. The van der Waals surface area contributed by atoms with Crippen molar-refractivity contribution in [3.05, 3.63) is 84.0 Å². The van der Waals surface area contributed by atoms with Crippen LogP contribution in [0.15, 0.2) is 61.7 Å². The minimum atomic E-state index is -0.762. The Morgan fingerprint density at radius 2 is 1.50 bits per heavy atom. The van der Waals surface area contributed by atoms with E-state index in [1.54, 1.807) is 7.11 Å². The number of carbonyl (C=O) groups excluding carboxylic acids is 1. The summed E-state index contributed by atoms with van der Waals surface area (Å²) in [6, 6.07) is 12.5. The number of hydrogen-bond acceptors (Lipinski definition) is 7. The molecule has 1 aliphatic carbocycles. The van der Waals surface area contributed by atoms with E-state index < -0.39 is 12.2 Å². The lowest BCUT2D eigenvalue weighted by molar-refractivity contribution is -0.153. The summed E-state index contributed by atoms with van der Waals surface area (Å²) >= 11 is 0. The summed E-state index contributed by atoms with van der Waals surface area (Å²) in [5.74, 6) is 1.61. The molecule has 44 heavy (non-hydrogen) atoms. The fourth-order valence-corrected chi connectivity index (χ4v) is 5.66. The third-order valence-electron chi connectivity index (χ3n) is 8.68. The molecular formula is C37H52O7. The Morgan fingerprint density at radius 1 is 0.909 bits per heavy atom. The zero-order chi connectivity index (χ0) is 32.1. The predicted octanol–water partition coefficient (Wildman–Crippen LogP) is 6.35. The highest BCUT2D eigenvalue weighted by Gasteiger charge is 2.28. The molecule has 0 spiro atoms. The fourth-order valence-electron chi connectivity index (χ4n) is 5.66. The second-order valence-electron chi connectivity index (χ2n) is 12.4. The molecule has 1 saturated carbocycles. The average Bonchev–Trinajstić information content (AvgIpc) is 3.03. The van der Waals surface area contributed by atoms with Gasteiger partial charge in [0.1, 0.15) is 30.8 Å². The van der Waals surface area contributed by atoms with E-state index in [-0.39, 0.29) is 37.1 Å². The van der Waals surface area contributed by atoms with Gasteiger partial charge in [0, 0.05) is 12.0 Å². The Kier molecular flexibility index (Phi) is 14.0. The third kappa shape index (κ3) is 9.94. The van der Waals surface area contributed by atoms with Gasteiger partial charge in [0.15, 0.2) is 0 Å². The Hall–Kier alpha value is -3.13. The summed E-state index contributed by atoms with van der Waals surface area (Å²) in [4.78, 5) is 12.2. The normalized spacial score (nSPS) is 18.2. The predicted molar refractivity (Wildman–Crippen MR) is 174 cm³/mol. The molecule has 2 aromatic rings. The SMILES string of the molecule is C=CCc1cc(C(C)(C)c2ccc(OCC(O)COCC3CCC(C(=O)OCC(O)CC)CC3)c(CC=C)c2)ccc1OC. The number of rotatable bonds is 18. The number of ether oxygens (including phenoxy) is 4. The number of aliphatic hydroxyl groups excluding tert-OH is 2. The number of carbonyl (C=O) groups is 1. The van der Waals surface area contributed by atoms with Gasteiger partial charge in [-0.15, -0.1) is 13.2 Å². The molecule has 0 amide bonds. The van der Waals surface area contributed by atoms with Crippen molar-refractivity contribution < 1.29 is 34.0 Å². The number of allylic oxidation sites excluding steroid dienone is 2. The molecule has 0 saturated heterocycles. The maximum Gasteiger partial charge on any atom is 0.309 e. The molecule has 2 N–H and O–H groups in total. The lowest BCUT2D eigenvalue weighted by Gasteiger charge is -2.28. The van der Waals surface area contributed by atoms with E-state index in [4.69, 9.17) is 18.9 Å². The van der Waals surface area contributed by atoms with E-state index in [1.165, 1.54) is 5.56 Å². The van der Waals surface area contributed by atoms with Crippen molar-refractivity contribution in [1.29, 1.82) is 0 Å². The van der Waals surface area contributed by atoms with Crippen LogP contribution in [0.1, 0.15) is 75.1 Å². The summed E-state index contributed by atoms with van der Waals surface area (Å²) in [5.41, 5.74) is 4.19. The summed E-state index contributed by atoms with van der Waals surface area (Å²) in [6.45, 7) is 15.0. The summed E-state index contributed by atoms with van der Waals surface area (Å²) in [5, 5.41) is 20.2. The van der Waals surface area contributed by atoms with Gasteiger partial charge in [0.2, 0.25) is 0 Å². The largest absolute Gasteiger partial charge is 0.496 e. The molecule has 1 fully saturated rings. The topological polar surface area (TPSA) is 94.5 Å². The number of benzene rings is 2. The van der Waals surface area contributed by atoms with Gasteiger partial charge in [-0.25, -0.2) is 0 Å². The van der Waals surface area contributed by atoms with Crippen molar-refractivity contribution in [2.45, 2.75) is 83.3 Å². The van der Waals surface area contributed by atoms with Crippen molar-refractivity contribution in [2.75, 3.05) is 33.5 Å². The summed E-state index contributed by atoms with van der Waals surface area (Å²) in [6.07, 6.45) is 7.60. The molecule has 2 atom stereocenters. The number of hydrogen-bond donors (Lipinski definition) is 2. The van der Waals surface area contributed by atoms with Gasteiger partial charge in [-0.2, -0.15) is 0 Å². The van der Waals surface area contributed by atoms with Gasteiger partial charge in [0.05, 0.1) is 25.7 Å². The van der Waals surface area contributed by atoms with Gasteiger partial charge in [-0.05, 0) is 85.3 Å². The van der Waals surface area contributed by atoms with Gasteiger partial charge < -0.3 is 29.2 Å². The van der Waals surface area contributed by atoms with E-state index in [2.05, 4.69) is 51.3 Å². The molecule has 7 nitrogen and oxygen atoms in total. The first kappa shape index (κ1) is 35.4. The lowest BCUT2D eigenvalue weighted by Crippen LogP contribution is -2.29. The second kappa shape index (κ2) is 17.4. The van der Waals surface area contributed by atoms with Crippen molar-refractivity contribution in [2.24, 2.45) is 11.8 Å². The number of aliphatic hydroxyl groups is 2. The average molecular weight is 609 g/mol. The van der Waals surface area contributed by atoms with Gasteiger partial charge >= 0.3 is 5.97 Å². The van der Waals surface area contributed by atoms with E-state index in [9.17, 15) is 15.0 Å². The Bertz CT molecular complexity index is 1210. The molecule has 3 rings (SSSR count). The Labute approximate surface area is 263 Å². The van der Waals surface area contributed by atoms with Crippen LogP contribution in [0, 0.1) is 11.8 Å². The molecule has 0 aliphatic heterocycles. The zero-order valence-electron chi connectivity index (χ0n) is 27.1. The number of methoxy groups -OCH3 is 1. The smallest absolute Gasteiger partial charge is 0.309 e. The quantitative estimate of drug-likeness (QED) is 0.150. The highest BCUT2D eigenvalue weighted by molar-refractivity contribution is 5.72. The molecule has 0 radical (unpaired) electrons. The van der Waals surface area contributed by atoms with Gasteiger partial charge in [-0.1, -0.05) is 57.2 Å². The number of esters is 1. The molecule has 7 heteroatoms. The van der Waals surface area contributed by atoms with Crippen LogP contribution in [0.3, 0.4) is 0 Å². The Balaban J connectivity index is 1.51. The molecule has 0 heterocycles. The maximum absolute atomic E-state index is 12.2. The van der Waals surface area contributed by atoms with E-state index >= 15 is 0 Å². The molecule has 0 aromatic heterocycles. The highest BCUT2D eigenvalue weighted by Crippen LogP contribution is 2.37. The fraction of sp³-hybridized carbons (Fsp3) is 0.541. The first-order valence-corrected chi connectivity index (χ1v) is 15.9. The minimum absolute atomic E-state index is 0.0659. The van der Waals surface area contributed by atoms with Crippen molar-refractivity contribution >= 4 is 5.97 Å². The van der Waals surface area contributed by atoms with E-state index in [1.807, 2.05) is 31.2 Å². The van der Waals surface area contributed by atoms with E-state index in [0.29, 0.717) is 25.4 Å². The molecular weight excluding hydrogens is 556 g/mol. The molecule has 242 valence electrons. The first-order chi connectivity index (χ1) is 21.1. The molecule has 0 bridgehead atoms. The first-order valence-electron chi connectivity index (χ1n) is 15.9. The van der Waals surface area contributed by atoms with Crippen LogP contribution >= 0.6 is 0 Å². The molecule has 1 aliphatic rings. The maximum atomic E-state index is 12.2. The monoisotopic (exact) mass is 608 g/mol. The van der Waals surface area contributed by atoms with Crippen LogP contribution in [0.4, 0.5) is 0 Å². The van der Waals surface area contributed by atoms with Crippen LogP contribution in [0.2, 0.25) is 0 Å². The zero-order valence-corrected chi connectivity index (χ0v) is 27.1. The van der Waals surface area contributed by atoms with Crippen molar-refractivity contribution in [3.63, 3.8) is 0 Å². The summed E-state index contributed by atoms with van der Waals surface area (Å²) < 4.78 is 22.7. The van der Waals surface area contributed by atoms with Crippen molar-refractivity contribution in [3.8, 4) is 11.5 Å². The summed E-state index contributed by atoms with van der Waals surface area (Å²) in [7, 11) is 1.69.